The van der Waals surface area contributed by atoms with Crippen LogP contribution in [-0.4, -0.2) is 22.2 Å². The Labute approximate surface area is 101 Å². The van der Waals surface area contributed by atoms with Crippen LogP contribution in [-0.2, 0) is 0 Å². The summed E-state index contributed by atoms with van der Waals surface area (Å²) in [5, 5.41) is 11.1. The van der Waals surface area contributed by atoms with E-state index in [1.807, 2.05) is 7.05 Å². The molecular formula is C13H16N4. The summed E-state index contributed by atoms with van der Waals surface area (Å²) < 4.78 is 0. The molecule has 1 aromatic heterocycles. The van der Waals surface area contributed by atoms with Gasteiger partial charge in [-0.15, -0.1) is 10.2 Å². The summed E-state index contributed by atoms with van der Waals surface area (Å²) >= 11 is 0. The molecule has 2 rings (SSSR count). The minimum atomic E-state index is 0.759. The predicted molar refractivity (Wildman–Crippen MR) is 69.0 cm³/mol. The van der Waals surface area contributed by atoms with Crippen LogP contribution in [0, 0.1) is 20.8 Å². The normalized spacial score (nSPS) is 10.4. The molecule has 0 aliphatic heterocycles. The zero-order valence-electron chi connectivity index (χ0n) is 10.6. The predicted octanol–water partition coefficient (Wildman–Crippen LogP) is 2.51. The fourth-order valence-corrected chi connectivity index (χ4v) is 2.18. The van der Waals surface area contributed by atoms with Crippen molar-refractivity contribution in [3.8, 4) is 11.3 Å². The molecule has 1 heterocycles. The first-order valence-electron chi connectivity index (χ1n) is 5.57. The molecule has 0 saturated carbocycles. The van der Waals surface area contributed by atoms with Crippen molar-refractivity contribution in [3.63, 3.8) is 0 Å². The summed E-state index contributed by atoms with van der Waals surface area (Å²) in [6.45, 7) is 6.27. The third-order valence-corrected chi connectivity index (χ3v) is 2.77. The van der Waals surface area contributed by atoms with E-state index < -0.39 is 0 Å². The molecule has 0 radical (unpaired) electrons. The number of hydrogen-bond acceptors (Lipinski definition) is 4. The molecule has 1 aromatic carbocycles. The molecule has 0 bridgehead atoms. The van der Waals surface area contributed by atoms with Crippen LogP contribution in [0.25, 0.3) is 11.3 Å². The number of anilines is 1. The fourth-order valence-electron chi connectivity index (χ4n) is 2.18. The van der Waals surface area contributed by atoms with Gasteiger partial charge in [-0.1, -0.05) is 17.7 Å². The van der Waals surface area contributed by atoms with E-state index in [1.165, 1.54) is 23.0 Å². The first-order valence-corrected chi connectivity index (χ1v) is 5.57. The van der Waals surface area contributed by atoms with Crippen LogP contribution in [0.1, 0.15) is 16.7 Å². The third-order valence-electron chi connectivity index (χ3n) is 2.77. The van der Waals surface area contributed by atoms with Crippen LogP contribution < -0.4 is 5.32 Å². The molecule has 1 N–H and O–H groups in total. The fraction of sp³-hybridized carbons (Fsp3) is 0.308. The van der Waals surface area contributed by atoms with Crippen molar-refractivity contribution in [1.29, 1.82) is 0 Å². The van der Waals surface area contributed by atoms with Crippen LogP contribution >= 0.6 is 0 Å². The number of hydrogen-bond donors (Lipinski definition) is 1. The smallest absolute Gasteiger partial charge is 0.156 e. The van der Waals surface area contributed by atoms with Gasteiger partial charge in [0.2, 0.25) is 0 Å². The Kier molecular flexibility index (Phi) is 3.04. The highest BCUT2D eigenvalue weighted by Crippen LogP contribution is 2.30. The van der Waals surface area contributed by atoms with Gasteiger partial charge in [-0.05, 0) is 31.9 Å². The number of aryl methyl sites for hydroxylation is 3. The second kappa shape index (κ2) is 4.49. The Morgan fingerprint density at radius 1 is 1.06 bits per heavy atom. The van der Waals surface area contributed by atoms with Crippen LogP contribution in [0.5, 0.6) is 0 Å². The van der Waals surface area contributed by atoms with Gasteiger partial charge in [-0.3, -0.25) is 0 Å². The van der Waals surface area contributed by atoms with Crippen LogP contribution in [0.15, 0.2) is 18.5 Å². The topological polar surface area (TPSA) is 50.7 Å². The molecule has 0 saturated heterocycles. The van der Waals surface area contributed by atoms with Gasteiger partial charge >= 0.3 is 0 Å². The zero-order chi connectivity index (χ0) is 12.4. The number of rotatable bonds is 2. The number of aromatic nitrogens is 3. The summed E-state index contributed by atoms with van der Waals surface area (Å²) in [4.78, 5) is 4.19. The Balaban J connectivity index is 2.68. The van der Waals surface area contributed by atoms with E-state index in [0.717, 1.165) is 17.1 Å². The molecule has 0 unspecified atom stereocenters. The lowest BCUT2D eigenvalue weighted by molar-refractivity contribution is 0.974. The van der Waals surface area contributed by atoms with Crippen molar-refractivity contribution in [2.75, 3.05) is 12.4 Å². The summed E-state index contributed by atoms with van der Waals surface area (Å²) in [5.41, 5.74) is 5.57. The van der Waals surface area contributed by atoms with Crippen LogP contribution in [0.2, 0.25) is 0 Å². The van der Waals surface area contributed by atoms with Crippen molar-refractivity contribution in [3.05, 3.63) is 35.2 Å². The second-order valence-corrected chi connectivity index (χ2v) is 4.18. The Bertz CT molecular complexity index is 526. The maximum atomic E-state index is 4.20. The molecular weight excluding hydrogens is 212 g/mol. The first kappa shape index (κ1) is 11.5. The van der Waals surface area contributed by atoms with Crippen molar-refractivity contribution in [1.82, 2.24) is 15.2 Å². The molecule has 4 heteroatoms. The number of nitrogens with one attached hydrogen (secondary N) is 1. The van der Waals surface area contributed by atoms with E-state index in [1.54, 1.807) is 0 Å². The maximum absolute atomic E-state index is 4.20. The van der Waals surface area contributed by atoms with E-state index in [4.69, 9.17) is 0 Å². The first-order chi connectivity index (χ1) is 8.13. The minimum absolute atomic E-state index is 0.759. The minimum Gasteiger partial charge on any atom is -0.371 e. The molecule has 0 aliphatic rings. The Hall–Kier alpha value is -1.97. The molecule has 2 aromatic rings. The molecule has 0 atom stereocenters. The number of benzene rings is 1. The van der Waals surface area contributed by atoms with E-state index in [9.17, 15) is 0 Å². The second-order valence-electron chi connectivity index (χ2n) is 4.18. The highest BCUT2D eigenvalue weighted by molar-refractivity contribution is 5.76. The average molecular weight is 228 g/mol. The largest absolute Gasteiger partial charge is 0.371 e. The van der Waals surface area contributed by atoms with Crippen molar-refractivity contribution < 1.29 is 0 Å². The van der Waals surface area contributed by atoms with E-state index in [0.29, 0.717) is 0 Å². The van der Waals surface area contributed by atoms with Gasteiger partial charge in [0, 0.05) is 12.6 Å². The van der Waals surface area contributed by atoms with Crippen molar-refractivity contribution in [2.24, 2.45) is 0 Å². The van der Waals surface area contributed by atoms with Gasteiger partial charge < -0.3 is 5.32 Å². The standard InChI is InChI=1S/C13H16N4/c1-8-5-9(2)11(10(3)6-8)12-13(14-4)15-7-16-17-12/h5-7H,1-4H3,(H,14,15,16). The lowest BCUT2D eigenvalue weighted by Gasteiger charge is -2.12. The molecule has 0 fully saturated rings. The third kappa shape index (κ3) is 2.11. The van der Waals surface area contributed by atoms with Crippen molar-refractivity contribution >= 4 is 5.82 Å². The SMILES string of the molecule is CNc1ncnnc1-c1c(C)cc(C)cc1C. The highest BCUT2D eigenvalue weighted by atomic mass is 15.2. The molecule has 0 amide bonds. The lowest BCUT2D eigenvalue weighted by Crippen LogP contribution is -2.02. The highest BCUT2D eigenvalue weighted by Gasteiger charge is 2.13. The molecule has 0 aliphatic carbocycles. The van der Waals surface area contributed by atoms with Gasteiger partial charge in [-0.2, -0.15) is 0 Å². The molecule has 4 nitrogen and oxygen atoms in total. The zero-order valence-corrected chi connectivity index (χ0v) is 10.6. The molecule has 17 heavy (non-hydrogen) atoms. The summed E-state index contributed by atoms with van der Waals surface area (Å²) in [6, 6.07) is 4.30. The summed E-state index contributed by atoms with van der Waals surface area (Å²) in [5.74, 6) is 0.759. The monoisotopic (exact) mass is 228 g/mol. The van der Waals surface area contributed by atoms with Gasteiger partial charge in [-0.25, -0.2) is 4.98 Å². The van der Waals surface area contributed by atoms with Crippen LogP contribution in [0.3, 0.4) is 0 Å². The van der Waals surface area contributed by atoms with E-state index in [-0.39, 0.29) is 0 Å². The maximum Gasteiger partial charge on any atom is 0.156 e. The molecule has 88 valence electrons. The lowest BCUT2D eigenvalue weighted by atomic mass is 9.97. The number of nitrogens with zero attached hydrogens (tertiary/aromatic N) is 3. The summed E-state index contributed by atoms with van der Waals surface area (Å²) in [6.07, 6.45) is 1.45. The Morgan fingerprint density at radius 3 is 2.29 bits per heavy atom. The van der Waals surface area contributed by atoms with E-state index >= 15 is 0 Å². The van der Waals surface area contributed by atoms with Crippen molar-refractivity contribution in [2.45, 2.75) is 20.8 Å². The average Bonchev–Trinajstić information content (AvgIpc) is 2.28. The van der Waals surface area contributed by atoms with Gasteiger partial charge in [0.1, 0.15) is 12.0 Å². The summed E-state index contributed by atoms with van der Waals surface area (Å²) in [7, 11) is 1.84. The van der Waals surface area contributed by atoms with Crippen LogP contribution in [0.4, 0.5) is 5.82 Å². The van der Waals surface area contributed by atoms with Gasteiger partial charge in [0.15, 0.2) is 5.82 Å². The van der Waals surface area contributed by atoms with E-state index in [2.05, 4.69) is 53.4 Å². The molecule has 0 spiro atoms. The van der Waals surface area contributed by atoms with Gasteiger partial charge in [0.25, 0.3) is 0 Å². The Morgan fingerprint density at radius 2 is 1.71 bits per heavy atom. The quantitative estimate of drug-likeness (QED) is 0.858. The van der Waals surface area contributed by atoms with Gasteiger partial charge in [0.05, 0.1) is 0 Å².